The molecule has 0 radical (unpaired) electrons. The van der Waals surface area contributed by atoms with Gasteiger partial charge in [-0.2, -0.15) is 4.98 Å². The average molecular weight is 258 g/mol. The Hall–Kier alpha value is -2.30. The highest BCUT2D eigenvalue weighted by atomic mass is 16.5. The van der Waals surface area contributed by atoms with Gasteiger partial charge in [-0.15, -0.1) is 0 Å². The summed E-state index contributed by atoms with van der Waals surface area (Å²) in [6.45, 7) is 4.47. The van der Waals surface area contributed by atoms with E-state index in [0.29, 0.717) is 18.2 Å². The SMILES string of the molecule is CCOc1nc(NC(C)c2ccccn2)ccc1N. The van der Waals surface area contributed by atoms with Crippen LogP contribution in [0.5, 0.6) is 5.88 Å². The van der Waals surface area contributed by atoms with Crippen LogP contribution in [-0.4, -0.2) is 16.6 Å². The van der Waals surface area contributed by atoms with Gasteiger partial charge in [0.25, 0.3) is 0 Å². The van der Waals surface area contributed by atoms with Crippen molar-refractivity contribution >= 4 is 11.5 Å². The lowest BCUT2D eigenvalue weighted by molar-refractivity contribution is 0.329. The van der Waals surface area contributed by atoms with Crippen LogP contribution in [0, 0.1) is 0 Å². The summed E-state index contributed by atoms with van der Waals surface area (Å²) in [7, 11) is 0. The third-order valence-corrected chi connectivity index (χ3v) is 2.67. The molecule has 100 valence electrons. The molecule has 2 aromatic rings. The Bertz CT molecular complexity index is 530. The van der Waals surface area contributed by atoms with Gasteiger partial charge in [0.15, 0.2) is 0 Å². The molecule has 3 N–H and O–H groups in total. The fourth-order valence-electron chi connectivity index (χ4n) is 1.71. The second kappa shape index (κ2) is 6.04. The van der Waals surface area contributed by atoms with Gasteiger partial charge in [-0.05, 0) is 38.1 Å². The number of nitrogens with two attached hydrogens (primary N) is 1. The van der Waals surface area contributed by atoms with Gasteiger partial charge in [0.2, 0.25) is 5.88 Å². The molecule has 19 heavy (non-hydrogen) atoms. The third kappa shape index (κ3) is 3.34. The minimum Gasteiger partial charge on any atom is -0.476 e. The fourth-order valence-corrected chi connectivity index (χ4v) is 1.71. The smallest absolute Gasteiger partial charge is 0.239 e. The van der Waals surface area contributed by atoms with E-state index in [2.05, 4.69) is 15.3 Å². The first-order valence-corrected chi connectivity index (χ1v) is 6.27. The molecule has 0 aliphatic heterocycles. The van der Waals surface area contributed by atoms with E-state index in [1.54, 1.807) is 12.3 Å². The van der Waals surface area contributed by atoms with Crippen molar-refractivity contribution in [3.8, 4) is 5.88 Å². The van der Waals surface area contributed by atoms with Gasteiger partial charge in [0, 0.05) is 6.20 Å². The van der Waals surface area contributed by atoms with E-state index in [9.17, 15) is 0 Å². The minimum atomic E-state index is 0.0619. The summed E-state index contributed by atoms with van der Waals surface area (Å²) in [5, 5.41) is 3.28. The van der Waals surface area contributed by atoms with E-state index in [0.717, 1.165) is 11.5 Å². The standard InChI is InChI=1S/C14H18N4O/c1-3-19-14-11(15)7-8-13(18-14)17-10(2)12-6-4-5-9-16-12/h4-10H,3,15H2,1-2H3,(H,17,18). The maximum absolute atomic E-state index is 5.79. The number of nitrogen functional groups attached to an aromatic ring is 1. The molecule has 0 aliphatic carbocycles. The molecular formula is C14H18N4O. The van der Waals surface area contributed by atoms with Crippen molar-refractivity contribution in [2.24, 2.45) is 0 Å². The molecule has 0 spiro atoms. The van der Waals surface area contributed by atoms with Crippen molar-refractivity contribution < 1.29 is 4.74 Å². The number of nitrogens with zero attached hydrogens (tertiary/aromatic N) is 2. The molecule has 0 saturated carbocycles. The first-order valence-electron chi connectivity index (χ1n) is 6.27. The molecule has 0 amide bonds. The van der Waals surface area contributed by atoms with Crippen molar-refractivity contribution in [1.82, 2.24) is 9.97 Å². The predicted molar refractivity (Wildman–Crippen MR) is 76.1 cm³/mol. The summed E-state index contributed by atoms with van der Waals surface area (Å²) >= 11 is 0. The Morgan fingerprint density at radius 2 is 2.16 bits per heavy atom. The number of nitrogens with one attached hydrogen (secondary N) is 1. The van der Waals surface area contributed by atoms with E-state index in [4.69, 9.17) is 10.5 Å². The molecule has 2 rings (SSSR count). The average Bonchev–Trinajstić information content (AvgIpc) is 2.44. The highest BCUT2D eigenvalue weighted by Gasteiger charge is 2.09. The van der Waals surface area contributed by atoms with Gasteiger partial charge in [0.1, 0.15) is 5.82 Å². The van der Waals surface area contributed by atoms with E-state index in [-0.39, 0.29) is 6.04 Å². The molecule has 2 aromatic heterocycles. The van der Waals surface area contributed by atoms with Gasteiger partial charge in [0.05, 0.1) is 24.0 Å². The van der Waals surface area contributed by atoms with Crippen LogP contribution in [-0.2, 0) is 0 Å². The largest absolute Gasteiger partial charge is 0.476 e. The van der Waals surface area contributed by atoms with Gasteiger partial charge < -0.3 is 15.8 Å². The lowest BCUT2D eigenvalue weighted by atomic mass is 10.2. The summed E-state index contributed by atoms with van der Waals surface area (Å²) < 4.78 is 5.37. The Morgan fingerprint density at radius 1 is 1.32 bits per heavy atom. The second-order valence-electron chi connectivity index (χ2n) is 4.14. The molecule has 5 heteroatoms. The topological polar surface area (TPSA) is 73.1 Å². The van der Waals surface area contributed by atoms with Crippen LogP contribution in [0.25, 0.3) is 0 Å². The van der Waals surface area contributed by atoms with E-state index in [1.807, 2.05) is 38.1 Å². The lowest BCUT2D eigenvalue weighted by Gasteiger charge is -2.15. The first-order chi connectivity index (χ1) is 9.20. The van der Waals surface area contributed by atoms with Crippen LogP contribution in [0.2, 0.25) is 0 Å². The van der Waals surface area contributed by atoms with Crippen LogP contribution in [0.3, 0.4) is 0 Å². The third-order valence-electron chi connectivity index (χ3n) is 2.67. The zero-order valence-corrected chi connectivity index (χ0v) is 11.1. The summed E-state index contributed by atoms with van der Waals surface area (Å²) in [5.74, 6) is 1.18. The van der Waals surface area contributed by atoms with Crippen LogP contribution >= 0.6 is 0 Å². The monoisotopic (exact) mass is 258 g/mol. The zero-order chi connectivity index (χ0) is 13.7. The quantitative estimate of drug-likeness (QED) is 0.862. The molecule has 0 saturated heterocycles. The number of hydrogen-bond acceptors (Lipinski definition) is 5. The fraction of sp³-hybridized carbons (Fsp3) is 0.286. The molecule has 0 aromatic carbocycles. The molecule has 0 bridgehead atoms. The summed E-state index contributed by atoms with van der Waals surface area (Å²) in [6.07, 6.45) is 1.77. The summed E-state index contributed by atoms with van der Waals surface area (Å²) in [4.78, 5) is 8.65. The maximum atomic E-state index is 5.79. The van der Waals surface area contributed by atoms with Crippen molar-refractivity contribution in [2.75, 3.05) is 17.7 Å². The highest BCUT2D eigenvalue weighted by molar-refractivity contribution is 5.54. The Morgan fingerprint density at radius 3 is 2.84 bits per heavy atom. The molecule has 0 fully saturated rings. The summed E-state index contributed by atoms with van der Waals surface area (Å²) in [6, 6.07) is 9.50. The molecule has 2 heterocycles. The number of ether oxygens (including phenoxy) is 1. The zero-order valence-electron chi connectivity index (χ0n) is 11.1. The van der Waals surface area contributed by atoms with Crippen LogP contribution < -0.4 is 15.8 Å². The maximum Gasteiger partial charge on any atom is 0.239 e. The van der Waals surface area contributed by atoms with E-state index in [1.165, 1.54) is 0 Å². The first kappa shape index (κ1) is 13.1. The van der Waals surface area contributed by atoms with Gasteiger partial charge in [-0.1, -0.05) is 6.07 Å². The Kier molecular flexibility index (Phi) is 4.18. The van der Waals surface area contributed by atoms with Crippen molar-refractivity contribution in [3.05, 3.63) is 42.2 Å². The van der Waals surface area contributed by atoms with Crippen LogP contribution in [0.1, 0.15) is 25.6 Å². The normalized spacial score (nSPS) is 11.9. The van der Waals surface area contributed by atoms with Crippen molar-refractivity contribution in [3.63, 3.8) is 0 Å². The number of aromatic nitrogens is 2. The highest BCUT2D eigenvalue weighted by Crippen LogP contribution is 2.23. The molecule has 1 atom stereocenters. The predicted octanol–water partition coefficient (Wildman–Crippen LogP) is 2.63. The Labute approximate surface area is 112 Å². The van der Waals surface area contributed by atoms with Crippen LogP contribution in [0.4, 0.5) is 11.5 Å². The number of hydrogen-bond donors (Lipinski definition) is 2. The lowest BCUT2D eigenvalue weighted by Crippen LogP contribution is -2.10. The Balaban J connectivity index is 2.13. The van der Waals surface area contributed by atoms with Gasteiger partial charge >= 0.3 is 0 Å². The van der Waals surface area contributed by atoms with Gasteiger partial charge in [-0.3, -0.25) is 4.98 Å². The number of rotatable bonds is 5. The van der Waals surface area contributed by atoms with Crippen LogP contribution in [0.15, 0.2) is 36.5 Å². The van der Waals surface area contributed by atoms with Gasteiger partial charge in [-0.25, -0.2) is 0 Å². The number of anilines is 2. The second-order valence-corrected chi connectivity index (χ2v) is 4.14. The molecular weight excluding hydrogens is 240 g/mol. The molecule has 0 aliphatic rings. The van der Waals surface area contributed by atoms with Crippen molar-refractivity contribution in [1.29, 1.82) is 0 Å². The summed E-state index contributed by atoms with van der Waals surface area (Å²) in [5.41, 5.74) is 7.29. The van der Waals surface area contributed by atoms with Crippen molar-refractivity contribution in [2.45, 2.75) is 19.9 Å². The molecule has 1 unspecified atom stereocenters. The number of pyridine rings is 2. The van der Waals surface area contributed by atoms with E-state index < -0.39 is 0 Å². The minimum absolute atomic E-state index is 0.0619. The molecule has 5 nitrogen and oxygen atoms in total. The van der Waals surface area contributed by atoms with E-state index >= 15 is 0 Å².